The number of hydrogen-bond donors (Lipinski definition) is 1. The number of nitrogens with zero attached hydrogens (tertiary/aromatic N) is 5. The third-order valence-electron chi connectivity index (χ3n) is 5.28. The molecule has 0 amide bonds. The molecule has 3 aromatic rings. The van der Waals surface area contributed by atoms with Gasteiger partial charge >= 0.3 is 0 Å². The first-order chi connectivity index (χ1) is 14.3. The number of hydrogen-bond acceptors (Lipinski definition) is 7. The van der Waals surface area contributed by atoms with Gasteiger partial charge in [0.25, 0.3) is 5.89 Å². The van der Waals surface area contributed by atoms with Crippen LogP contribution in [0, 0.1) is 0 Å². The number of aromatic nitrogens is 3. The van der Waals surface area contributed by atoms with Gasteiger partial charge in [-0.1, -0.05) is 35.5 Å². The molecular formula is C22H27N5O2. The quantitative estimate of drug-likeness (QED) is 0.630. The fraction of sp³-hybridized carbons (Fsp3) is 0.409. The molecule has 3 heterocycles. The molecule has 0 unspecified atom stereocenters. The maximum absolute atomic E-state index is 9.05. The predicted molar refractivity (Wildman–Crippen MR) is 112 cm³/mol. The van der Waals surface area contributed by atoms with Crippen LogP contribution < -0.4 is 4.90 Å². The number of aryl methyl sites for hydroxylation is 2. The Kier molecular flexibility index (Phi) is 6.49. The summed E-state index contributed by atoms with van der Waals surface area (Å²) in [6.45, 7) is 4.67. The Morgan fingerprint density at radius 3 is 2.52 bits per heavy atom. The zero-order valence-corrected chi connectivity index (χ0v) is 16.6. The van der Waals surface area contributed by atoms with E-state index < -0.39 is 0 Å². The van der Waals surface area contributed by atoms with Gasteiger partial charge in [-0.05, 0) is 30.5 Å². The second-order valence-electron chi connectivity index (χ2n) is 7.31. The summed E-state index contributed by atoms with van der Waals surface area (Å²) in [5.41, 5.74) is 2.17. The van der Waals surface area contributed by atoms with Gasteiger partial charge < -0.3 is 14.5 Å². The molecule has 1 N–H and O–H groups in total. The van der Waals surface area contributed by atoms with E-state index in [2.05, 4.69) is 49.2 Å². The molecule has 1 aromatic carbocycles. The summed E-state index contributed by atoms with van der Waals surface area (Å²) in [4.78, 5) is 13.6. The number of pyridine rings is 1. The van der Waals surface area contributed by atoms with Crippen LogP contribution in [0.1, 0.15) is 17.8 Å². The maximum atomic E-state index is 9.05. The van der Waals surface area contributed by atoms with Gasteiger partial charge in [-0.2, -0.15) is 4.98 Å². The van der Waals surface area contributed by atoms with Crippen molar-refractivity contribution in [2.24, 2.45) is 0 Å². The molecule has 1 saturated heterocycles. The van der Waals surface area contributed by atoms with Crippen LogP contribution in [-0.2, 0) is 12.8 Å². The third kappa shape index (κ3) is 5.19. The summed E-state index contributed by atoms with van der Waals surface area (Å²) in [5.74, 6) is 2.21. The number of rotatable bonds is 8. The van der Waals surface area contributed by atoms with Crippen molar-refractivity contribution in [3.63, 3.8) is 0 Å². The van der Waals surface area contributed by atoms with Crippen LogP contribution in [0.3, 0.4) is 0 Å². The van der Waals surface area contributed by atoms with Gasteiger partial charge in [-0.3, -0.25) is 4.90 Å². The van der Waals surface area contributed by atoms with Gasteiger partial charge in [-0.15, -0.1) is 0 Å². The lowest BCUT2D eigenvalue weighted by atomic mass is 10.1. The Bertz CT molecular complexity index is 874. The normalized spacial score (nSPS) is 15.0. The fourth-order valence-corrected chi connectivity index (χ4v) is 3.61. The van der Waals surface area contributed by atoms with Crippen molar-refractivity contribution in [3.8, 4) is 11.5 Å². The van der Waals surface area contributed by atoms with Gasteiger partial charge in [0.05, 0.1) is 12.2 Å². The first-order valence-corrected chi connectivity index (χ1v) is 10.2. The van der Waals surface area contributed by atoms with E-state index in [1.165, 1.54) is 5.56 Å². The molecule has 7 heteroatoms. The highest BCUT2D eigenvalue weighted by Crippen LogP contribution is 2.21. The van der Waals surface area contributed by atoms with Crippen LogP contribution in [0.2, 0.25) is 0 Å². The molecule has 7 nitrogen and oxygen atoms in total. The van der Waals surface area contributed by atoms with Crippen LogP contribution in [0.25, 0.3) is 11.5 Å². The molecule has 1 fully saturated rings. The Balaban J connectivity index is 1.30. The molecular weight excluding hydrogens is 366 g/mol. The van der Waals surface area contributed by atoms with Crippen molar-refractivity contribution >= 4 is 5.82 Å². The van der Waals surface area contributed by atoms with Gasteiger partial charge in [-0.25, -0.2) is 4.98 Å². The number of piperazine rings is 1. The molecule has 0 atom stereocenters. The van der Waals surface area contributed by atoms with Crippen molar-refractivity contribution in [3.05, 3.63) is 60.0 Å². The minimum absolute atomic E-state index is 0.214. The van der Waals surface area contributed by atoms with Crippen molar-refractivity contribution < 1.29 is 9.63 Å². The smallest absolute Gasteiger partial charge is 0.259 e. The summed E-state index contributed by atoms with van der Waals surface area (Å²) in [7, 11) is 0. The molecule has 1 aliphatic heterocycles. The summed E-state index contributed by atoms with van der Waals surface area (Å²) >= 11 is 0. The van der Waals surface area contributed by atoms with E-state index in [1.54, 1.807) is 6.20 Å². The molecule has 0 bridgehead atoms. The van der Waals surface area contributed by atoms with Crippen LogP contribution in [-0.4, -0.2) is 64.5 Å². The second-order valence-corrected chi connectivity index (χ2v) is 7.31. The van der Waals surface area contributed by atoms with E-state index in [4.69, 9.17) is 9.63 Å². The van der Waals surface area contributed by atoms with Crippen LogP contribution in [0.15, 0.2) is 53.2 Å². The van der Waals surface area contributed by atoms with Crippen LogP contribution >= 0.6 is 0 Å². The largest absolute Gasteiger partial charge is 0.395 e. The average molecular weight is 393 g/mol. The Morgan fingerprint density at radius 2 is 1.79 bits per heavy atom. The highest BCUT2D eigenvalue weighted by atomic mass is 16.5. The maximum Gasteiger partial charge on any atom is 0.259 e. The van der Waals surface area contributed by atoms with Gasteiger partial charge in [0.2, 0.25) is 0 Å². The number of benzene rings is 1. The van der Waals surface area contributed by atoms with Crippen molar-refractivity contribution in [2.75, 3.05) is 44.2 Å². The van der Waals surface area contributed by atoms with Gasteiger partial charge in [0, 0.05) is 45.3 Å². The topological polar surface area (TPSA) is 78.5 Å². The summed E-state index contributed by atoms with van der Waals surface area (Å²) in [5, 5.41) is 13.2. The molecule has 0 saturated carbocycles. The Labute approximate surface area is 171 Å². The molecule has 2 aromatic heterocycles. The minimum Gasteiger partial charge on any atom is -0.395 e. The highest BCUT2D eigenvalue weighted by Gasteiger charge is 2.18. The Hall–Kier alpha value is -2.77. The lowest BCUT2D eigenvalue weighted by Crippen LogP contribution is -2.47. The van der Waals surface area contributed by atoms with Crippen LogP contribution in [0.4, 0.5) is 5.82 Å². The molecule has 0 aliphatic carbocycles. The van der Waals surface area contributed by atoms with Crippen molar-refractivity contribution in [1.82, 2.24) is 20.0 Å². The van der Waals surface area contributed by atoms with E-state index in [1.807, 2.05) is 18.2 Å². The minimum atomic E-state index is 0.214. The SMILES string of the molecule is OCCN1CCN(c2ccc(-c3nc(CCCc4ccccc4)no3)cn2)CC1. The van der Waals surface area contributed by atoms with Crippen LogP contribution in [0.5, 0.6) is 0 Å². The average Bonchev–Trinajstić information content (AvgIpc) is 3.24. The van der Waals surface area contributed by atoms with E-state index in [9.17, 15) is 0 Å². The number of anilines is 1. The molecule has 1 aliphatic rings. The molecule has 4 rings (SSSR count). The first kappa shape index (κ1) is 19.5. The molecule has 152 valence electrons. The van der Waals surface area contributed by atoms with E-state index in [-0.39, 0.29) is 6.61 Å². The Morgan fingerprint density at radius 1 is 0.966 bits per heavy atom. The molecule has 0 spiro atoms. The van der Waals surface area contributed by atoms with E-state index >= 15 is 0 Å². The summed E-state index contributed by atoms with van der Waals surface area (Å²) in [6, 6.07) is 14.4. The van der Waals surface area contributed by atoms with Crippen molar-refractivity contribution in [2.45, 2.75) is 19.3 Å². The van der Waals surface area contributed by atoms with E-state index in [0.29, 0.717) is 5.89 Å². The number of aliphatic hydroxyl groups is 1. The third-order valence-corrected chi connectivity index (χ3v) is 5.28. The molecule has 29 heavy (non-hydrogen) atoms. The summed E-state index contributed by atoms with van der Waals surface area (Å²) < 4.78 is 5.43. The van der Waals surface area contributed by atoms with E-state index in [0.717, 1.165) is 69.2 Å². The van der Waals surface area contributed by atoms with Gasteiger partial charge in [0.15, 0.2) is 5.82 Å². The lowest BCUT2D eigenvalue weighted by Gasteiger charge is -2.35. The molecule has 0 radical (unpaired) electrons. The standard InChI is InChI=1S/C22H27N5O2/c28-16-15-26-11-13-27(14-12-26)21-10-9-19(17-23-21)22-24-20(25-29-22)8-4-7-18-5-2-1-3-6-18/h1-3,5-6,9-10,17,28H,4,7-8,11-16H2. The number of β-amino-alcohol motifs (C(OH)–C–C–N with tert-alkyl or cyclic N) is 1. The van der Waals surface area contributed by atoms with Crippen molar-refractivity contribution in [1.29, 1.82) is 0 Å². The monoisotopic (exact) mass is 393 g/mol. The highest BCUT2D eigenvalue weighted by molar-refractivity contribution is 5.54. The second kappa shape index (κ2) is 9.62. The zero-order chi connectivity index (χ0) is 19.9. The predicted octanol–water partition coefficient (Wildman–Crippen LogP) is 2.42. The number of aliphatic hydroxyl groups excluding tert-OH is 1. The summed E-state index contributed by atoms with van der Waals surface area (Å²) in [6.07, 6.45) is 4.59. The van der Waals surface area contributed by atoms with Gasteiger partial charge in [0.1, 0.15) is 5.82 Å². The first-order valence-electron chi connectivity index (χ1n) is 10.2. The lowest BCUT2D eigenvalue weighted by molar-refractivity contribution is 0.188. The zero-order valence-electron chi connectivity index (χ0n) is 16.6. The fourth-order valence-electron chi connectivity index (χ4n) is 3.61.